The summed E-state index contributed by atoms with van der Waals surface area (Å²) in [6.45, 7) is 2.07. The maximum Gasteiger partial charge on any atom is 0.253 e. The molecular weight excluding hydrogens is 266 g/mol. The van der Waals surface area contributed by atoms with Gasteiger partial charge in [0.2, 0.25) is 0 Å². The molecule has 0 spiro atoms. The molecule has 0 aliphatic heterocycles. The van der Waals surface area contributed by atoms with Crippen molar-refractivity contribution < 1.29 is 18.3 Å². The lowest BCUT2D eigenvalue weighted by molar-refractivity contribution is 0.0768. The van der Waals surface area contributed by atoms with Crippen LogP contribution in [0.2, 0.25) is 0 Å². The molecule has 0 saturated heterocycles. The van der Waals surface area contributed by atoms with Crippen molar-refractivity contribution in [2.75, 3.05) is 19.8 Å². The Morgan fingerprint density at radius 3 is 2.58 bits per heavy atom. The molecule has 5 nitrogen and oxygen atoms in total. The number of rotatable bonds is 5. The third kappa shape index (κ3) is 4.65. The Morgan fingerprint density at radius 1 is 1.42 bits per heavy atom. The third-order valence-electron chi connectivity index (χ3n) is 2.74. The van der Waals surface area contributed by atoms with E-state index >= 15 is 0 Å². The Morgan fingerprint density at radius 2 is 2.05 bits per heavy atom. The molecule has 19 heavy (non-hydrogen) atoms. The number of sulfone groups is 1. The zero-order valence-electron chi connectivity index (χ0n) is 11.3. The van der Waals surface area contributed by atoms with E-state index in [9.17, 15) is 18.3 Å². The molecule has 0 aliphatic rings. The standard InChI is InChI=1S/C13H19NO4S/c1-10(15)7-8-14(2)13(16)11-5-4-6-12(9-11)19(3,17)18/h4-6,9-10,15H,7-8H2,1-3H3. The number of hydrogen-bond acceptors (Lipinski definition) is 4. The predicted molar refractivity (Wildman–Crippen MR) is 72.8 cm³/mol. The predicted octanol–water partition coefficient (Wildman–Crippen LogP) is 0.933. The quantitative estimate of drug-likeness (QED) is 0.873. The molecule has 1 rings (SSSR count). The van der Waals surface area contributed by atoms with Gasteiger partial charge in [-0.25, -0.2) is 8.42 Å². The average Bonchev–Trinajstić information content (AvgIpc) is 2.34. The summed E-state index contributed by atoms with van der Waals surface area (Å²) in [5, 5.41) is 9.19. The second kappa shape index (κ2) is 6.16. The molecule has 6 heteroatoms. The highest BCUT2D eigenvalue weighted by atomic mass is 32.2. The van der Waals surface area contributed by atoms with Crippen molar-refractivity contribution >= 4 is 15.7 Å². The first-order valence-corrected chi connectivity index (χ1v) is 7.84. The van der Waals surface area contributed by atoms with Crippen molar-refractivity contribution in [3.8, 4) is 0 Å². The molecule has 0 fully saturated rings. The van der Waals surface area contributed by atoms with E-state index in [-0.39, 0.29) is 10.8 Å². The molecule has 1 aromatic rings. The van der Waals surface area contributed by atoms with E-state index < -0.39 is 15.9 Å². The van der Waals surface area contributed by atoms with E-state index in [2.05, 4.69) is 0 Å². The second-order valence-corrected chi connectivity index (χ2v) is 6.68. The molecule has 0 saturated carbocycles. The smallest absolute Gasteiger partial charge is 0.253 e. The van der Waals surface area contributed by atoms with Crippen LogP contribution in [-0.4, -0.2) is 50.3 Å². The van der Waals surface area contributed by atoms with Gasteiger partial charge in [-0.15, -0.1) is 0 Å². The minimum atomic E-state index is -3.32. The number of carbonyl (C=O) groups is 1. The van der Waals surface area contributed by atoms with Crippen LogP contribution in [0.4, 0.5) is 0 Å². The Hall–Kier alpha value is -1.40. The summed E-state index contributed by atoms with van der Waals surface area (Å²) in [5.41, 5.74) is 0.330. The fraction of sp³-hybridized carbons (Fsp3) is 0.462. The van der Waals surface area contributed by atoms with Gasteiger partial charge in [0, 0.05) is 25.4 Å². The van der Waals surface area contributed by atoms with E-state index in [1.54, 1.807) is 26.1 Å². The van der Waals surface area contributed by atoms with Crippen LogP contribution >= 0.6 is 0 Å². The highest BCUT2D eigenvalue weighted by Crippen LogP contribution is 2.13. The minimum Gasteiger partial charge on any atom is -0.393 e. The van der Waals surface area contributed by atoms with Crippen molar-refractivity contribution in [1.82, 2.24) is 4.90 Å². The van der Waals surface area contributed by atoms with Crippen molar-refractivity contribution in [2.45, 2.75) is 24.3 Å². The molecule has 1 unspecified atom stereocenters. The first-order valence-electron chi connectivity index (χ1n) is 5.95. The number of aliphatic hydroxyl groups excluding tert-OH is 1. The summed E-state index contributed by atoms with van der Waals surface area (Å²) in [7, 11) is -1.70. The Labute approximate surface area is 113 Å². The van der Waals surface area contributed by atoms with Crippen LogP contribution in [0.25, 0.3) is 0 Å². The van der Waals surface area contributed by atoms with E-state index in [4.69, 9.17) is 0 Å². The number of benzene rings is 1. The third-order valence-corrected chi connectivity index (χ3v) is 3.85. The summed E-state index contributed by atoms with van der Waals surface area (Å²) < 4.78 is 22.9. The van der Waals surface area contributed by atoms with Crippen LogP contribution in [0, 0.1) is 0 Å². The van der Waals surface area contributed by atoms with E-state index in [0.29, 0.717) is 18.5 Å². The lowest BCUT2D eigenvalue weighted by Gasteiger charge is -2.18. The van der Waals surface area contributed by atoms with Gasteiger partial charge in [-0.05, 0) is 31.5 Å². The highest BCUT2D eigenvalue weighted by molar-refractivity contribution is 7.90. The summed E-state index contributed by atoms with van der Waals surface area (Å²) in [5.74, 6) is -0.258. The fourth-order valence-electron chi connectivity index (χ4n) is 1.56. The van der Waals surface area contributed by atoms with E-state index in [1.165, 1.54) is 17.0 Å². The SMILES string of the molecule is CC(O)CCN(C)C(=O)c1cccc(S(C)(=O)=O)c1. The Kier molecular flexibility index (Phi) is 5.08. The molecule has 106 valence electrons. The van der Waals surface area contributed by atoms with Crippen molar-refractivity contribution in [3.63, 3.8) is 0 Å². The molecule has 0 radical (unpaired) electrons. The van der Waals surface area contributed by atoms with Gasteiger partial charge in [0.1, 0.15) is 0 Å². The Balaban J connectivity index is 2.88. The van der Waals surface area contributed by atoms with E-state index in [1.807, 2.05) is 0 Å². The summed E-state index contributed by atoms with van der Waals surface area (Å²) in [6, 6.07) is 5.96. The van der Waals surface area contributed by atoms with Gasteiger partial charge in [-0.3, -0.25) is 4.79 Å². The molecule has 0 heterocycles. The summed E-state index contributed by atoms with van der Waals surface area (Å²) in [4.78, 5) is 13.7. The highest BCUT2D eigenvalue weighted by Gasteiger charge is 2.15. The minimum absolute atomic E-state index is 0.127. The fourth-order valence-corrected chi connectivity index (χ4v) is 2.23. The average molecular weight is 285 g/mol. The molecule has 0 bridgehead atoms. The Bertz CT molecular complexity index is 552. The van der Waals surface area contributed by atoms with E-state index in [0.717, 1.165) is 6.26 Å². The van der Waals surface area contributed by atoms with Gasteiger partial charge < -0.3 is 10.0 Å². The molecular formula is C13H19NO4S. The van der Waals surface area contributed by atoms with Crippen molar-refractivity contribution in [3.05, 3.63) is 29.8 Å². The lowest BCUT2D eigenvalue weighted by atomic mass is 10.2. The number of nitrogens with zero attached hydrogens (tertiary/aromatic N) is 1. The summed E-state index contributed by atoms with van der Waals surface area (Å²) >= 11 is 0. The maximum absolute atomic E-state index is 12.1. The van der Waals surface area contributed by atoms with Gasteiger partial charge in [-0.1, -0.05) is 6.07 Å². The molecule has 1 aromatic carbocycles. The van der Waals surface area contributed by atoms with Gasteiger partial charge >= 0.3 is 0 Å². The monoisotopic (exact) mass is 285 g/mol. The number of hydrogen-bond donors (Lipinski definition) is 1. The molecule has 0 aliphatic carbocycles. The first-order chi connectivity index (χ1) is 8.71. The van der Waals surface area contributed by atoms with Crippen LogP contribution in [0.3, 0.4) is 0 Å². The van der Waals surface area contributed by atoms with Gasteiger partial charge in [0.25, 0.3) is 5.91 Å². The number of carbonyl (C=O) groups excluding carboxylic acids is 1. The normalized spacial score (nSPS) is 13.1. The summed E-state index contributed by atoms with van der Waals surface area (Å²) in [6.07, 6.45) is 1.11. The molecule has 1 atom stereocenters. The van der Waals surface area contributed by atoms with Gasteiger partial charge in [0.15, 0.2) is 9.84 Å². The largest absolute Gasteiger partial charge is 0.393 e. The van der Waals surface area contributed by atoms with Crippen LogP contribution in [0.1, 0.15) is 23.7 Å². The van der Waals surface area contributed by atoms with Crippen LogP contribution < -0.4 is 0 Å². The van der Waals surface area contributed by atoms with Crippen LogP contribution in [-0.2, 0) is 9.84 Å². The zero-order chi connectivity index (χ0) is 14.6. The zero-order valence-corrected chi connectivity index (χ0v) is 12.1. The second-order valence-electron chi connectivity index (χ2n) is 4.66. The number of aliphatic hydroxyl groups is 1. The van der Waals surface area contributed by atoms with Crippen molar-refractivity contribution in [2.24, 2.45) is 0 Å². The van der Waals surface area contributed by atoms with Crippen LogP contribution in [0.5, 0.6) is 0 Å². The van der Waals surface area contributed by atoms with Crippen LogP contribution in [0.15, 0.2) is 29.2 Å². The molecule has 1 N–H and O–H groups in total. The lowest BCUT2D eigenvalue weighted by Crippen LogP contribution is -2.29. The number of amides is 1. The first kappa shape index (κ1) is 15.7. The molecule has 1 amide bonds. The topological polar surface area (TPSA) is 74.7 Å². The van der Waals surface area contributed by atoms with Gasteiger partial charge in [0.05, 0.1) is 11.0 Å². The maximum atomic E-state index is 12.1. The van der Waals surface area contributed by atoms with Gasteiger partial charge in [-0.2, -0.15) is 0 Å². The molecule has 0 aromatic heterocycles. The van der Waals surface area contributed by atoms with Crippen molar-refractivity contribution in [1.29, 1.82) is 0 Å².